The van der Waals surface area contributed by atoms with E-state index in [2.05, 4.69) is 15.3 Å². The number of nitrogen functional groups attached to an aromatic ring is 1. The zero-order chi connectivity index (χ0) is 17.6. The summed E-state index contributed by atoms with van der Waals surface area (Å²) in [6, 6.07) is 16.6. The maximum atomic E-state index is 9.31. The second kappa shape index (κ2) is 7.53. The Morgan fingerprint density at radius 3 is 2.44 bits per heavy atom. The fourth-order valence-electron chi connectivity index (χ4n) is 2.46. The van der Waals surface area contributed by atoms with Crippen LogP contribution in [0.1, 0.15) is 5.56 Å². The Labute approximate surface area is 146 Å². The molecular weight excluding hydrogens is 316 g/mol. The number of phenolic OH excluding ortho intramolecular Hbond substituents is 1. The first kappa shape index (κ1) is 16.6. The predicted octanol–water partition coefficient (Wildman–Crippen LogP) is 3.09. The molecular formula is C19H20N4O2. The van der Waals surface area contributed by atoms with Gasteiger partial charge in [0.05, 0.1) is 12.8 Å². The van der Waals surface area contributed by atoms with E-state index in [0.717, 1.165) is 29.0 Å². The summed E-state index contributed by atoms with van der Waals surface area (Å²) < 4.78 is 5.17. The number of rotatable bonds is 6. The summed E-state index contributed by atoms with van der Waals surface area (Å²) >= 11 is 0. The van der Waals surface area contributed by atoms with Crippen LogP contribution in [0.5, 0.6) is 11.5 Å². The molecule has 4 N–H and O–H groups in total. The molecule has 0 unspecified atom stereocenters. The van der Waals surface area contributed by atoms with Crippen molar-refractivity contribution in [3.05, 3.63) is 60.2 Å². The Morgan fingerprint density at radius 1 is 1.04 bits per heavy atom. The molecule has 0 saturated carbocycles. The lowest BCUT2D eigenvalue weighted by Crippen LogP contribution is -2.08. The van der Waals surface area contributed by atoms with Crippen LogP contribution in [-0.2, 0) is 6.42 Å². The van der Waals surface area contributed by atoms with E-state index in [1.165, 1.54) is 0 Å². The average molecular weight is 336 g/mol. The normalized spacial score (nSPS) is 10.4. The van der Waals surface area contributed by atoms with Gasteiger partial charge in [-0.05, 0) is 48.4 Å². The summed E-state index contributed by atoms with van der Waals surface area (Å²) in [5.74, 6) is 1.96. The fraction of sp³-hybridized carbons (Fsp3) is 0.158. The Balaban J connectivity index is 1.69. The minimum absolute atomic E-state index is 0.223. The number of nitrogens with zero attached hydrogens (tertiary/aromatic N) is 2. The SMILES string of the molecule is COc1ccc(-c2cc(NCCc3ccc(O)cc3)nc(N)n2)cc1. The molecule has 0 aliphatic carbocycles. The van der Waals surface area contributed by atoms with E-state index in [4.69, 9.17) is 10.5 Å². The summed E-state index contributed by atoms with van der Waals surface area (Å²) in [4.78, 5) is 8.52. The summed E-state index contributed by atoms with van der Waals surface area (Å²) in [5, 5.41) is 12.6. The summed E-state index contributed by atoms with van der Waals surface area (Å²) in [6.45, 7) is 0.698. The quantitative estimate of drug-likeness (QED) is 0.640. The largest absolute Gasteiger partial charge is 0.508 e. The Hall–Kier alpha value is -3.28. The molecule has 0 aliphatic heterocycles. The zero-order valence-corrected chi connectivity index (χ0v) is 13.9. The van der Waals surface area contributed by atoms with Gasteiger partial charge in [-0.15, -0.1) is 0 Å². The zero-order valence-electron chi connectivity index (χ0n) is 13.9. The number of methoxy groups -OCH3 is 1. The van der Waals surface area contributed by atoms with Gasteiger partial charge in [0.25, 0.3) is 0 Å². The maximum absolute atomic E-state index is 9.31. The summed E-state index contributed by atoms with van der Waals surface area (Å²) in [6.07, 6.45) is 0.808. The van der Waals surface area contributed by atoms with Crippen LogP contribution in [0.4, 0.5) is 11.8 Å². The van der Waals surface area contributed by atoms with E-state index in [1.54, 1.807) is 19.2 Å². The number of nitrogens with one attached hydrogen (secondary N) is 1. The van der Waals surface area contributed by atoms with Crippen LogP contribution in [-0.4, -0.2) is 28.7 Å². The van der Waals surface area contributed by atoms with Crippen molar-refractivity contribution in [3.63, 3.8) is 0 Å². The maximum Gasteiger partial charge on any atom is 0.222 e. The van der Waals surface area contributed by atoms with E-state index < -0.39 is 0 Å². The van der Waals surface area contributed by atoms with Crippen molar-refractivity contribution < 1.29 is 9.84 Å². The average Bonchev–Trinajstić information content (AvgIpc) is 2.63. The van der Waals surface area contributed by atoms with Crippen LogP contribution in [0.3, 0.4) is 0 Å². The van der Waals surface area contributed by atoms with Crippen LogP contribution in [0.2, 0.25) is 0 Å². The third-order valence-corrected chi connectivity index (χ3v) is 3.79. The number of hydrogen-bond donors (Lipinski definition) is 3. The number of phenols is 1. The molecule has 25 heavy (non-hydrogen) atoms. The number of benzene rings is 2. The van der Waals surface area contributed by atoms with Gasteiger partial charge in [0.1, 0.15) is 17.3 Å². The first-order chi connectivity index (χ1) is 12.1. The summed E-state index contributed by atoms with van der Waals surface area (Å²) in [5.41, 5.74) is 8.66. The van der Waals surface area contributed by atoms with Gasteiger partial charge in [0, 0.05) is 18.2 Å². The number of ether oxygens (including phenoxy) is 1. The monoisotopic (exact) mass is 336 g/mol. The second-order valence-electron chi connectivity index (χ2n) is 5.57. The van der Waals surface area contributed by atoms with Crippen molar-refractivity contribution in [3.8, 4) is 22.8 Å². The first-order valence-electron chi connectivity index (χ1n) is 7.95. The van der Waals surface area contributed by atoms with Crippen molar-refractivity contribution >= 4 is 11.8 Å². The lowest BCUT2D eigenvalue weighted by Gasteiger charge is -2.09. The van der Waals surface area contributed by atoms with Crippen LogP contribution in [0.15, 0.2) is 54.6 Å². The molecule has 0 fully saturated rings. The van der Waals surface area contributed by atoms with Gasteiger partial charge >= 0.3 is 0 Å². The Bertz CT molecular complexity index is 833. The van der Waals surface area contributed by atoms with Gasteiger partial charge in [-0.25, -0.2) is 4.98 Å². The molecule has 2 aromatic carbocycles. The number of nitrogens with two attached hydrogens (primary N) is 1. The number of aromatic hydroxyl groups is 1. The molecule has 0 atom stereocenters. The molecule has 1 heterocycles. The van der Waals surface area contributed by atoms with Gasteiger partial charge in [0.2, 0.25) is 5.95 Å². The molecule has 3 rings (SSSR count). The highest BCUT2D eigenvalue weighted by Gasteiger charge is 2.05. The third kappa shape index (κ3) is 4.38. The standard InChI is InChI=1S/C19H20N4O2/c1-25-16-8-4-14(5-9-16)17-12-18(23-19(20)22-17)21-11-10-13-2-6-15(24)7-3-13/h2-9,12,24H,10-11H2,1H3,(H3,20,21,22,23). The lowest BCUT2D eigenvalue weighted by atomic mass is 10.1. The molecule has 1 aromatic heterocycles. The lowest BCUT2D eigenvalue weighted by molar-refractivity contribution is 0.415. The highest BCUT2D eigenvalue weighted by molar-refractivity contribution is 5.64. The van der Waals surface area contributed by atoms with E-state index in [0.29, 0.717) is 12.4 Å². The van der Waals surface area contributed by atoms with E-state index in [9.17, 15) is 5.11 Å². The number of aromatic nitrogens is 2. The highest BCUT2D eigenvalue weighted by atomic mass is 16.5. The Kier molecular flexibility index (Phi) is 4.99. The van der Waals surface area contributed by atoms with E-state index in [1.807, 2.05) is 42.5 Å². The molecule has 3 aromatic rings. The minimum Gasteiger partial charge on any atom is -0.508 e. The fourth-order valence-corrected chi connectivity index (χ4v) is 2.46. The molecule has 0 radical (unpaired) electrons. The predicted molar refractivity (Wildman–Crippen MR) is 98.7 cm³/mol. The van der Waals surface area contributed by atoms with E-state index in [-0.39, 0.29) is 11.7 Å². The van der Waals surface area contributed by atoms with Crippen molar-refractivity contribution in [2.45, 2.75) is 6.42 Å². The topological polar surface area (TPSA) is 93.3 Å². The number of anilines is 2. The van der Waals surface area contributed by atoms with Gasteiger partial charge in [-0.2, -0.15) is 4.98 Å². The van der Waals surface area contributed by atoms with Gasteiger partial charge in [0.15, 0.2) is 0 Å². The van der Waals surface area contributed by atoms with Gasteiger partial charge < -0.3 is 20.9 Å². The van der Waals surface area contributed by atoms with Crippen LogP contribution >= 0.6 is 0 Å². The number of hydrogen-bond acceptors (Lipinski definition) is 6. The first-order valence-corrected chi connectivity index (χ1v) is 7.95. The van der Waals surface area contributed by atoms with Crippen molar-refractivity contribution in [2.24, 2.45) is 0 Å². The second-order valence-corrected chi connectivity index (χ2v) is 5.57. The third-order valence-electron chi connectivity index (χ3n) is 3.79. The van der Waals surface area contributed by atoms with Crippen LogP contribution in [0.25, 0.3) is 11.3 Å². The van der Waals surface area contributed by atoms with Crippen molar-refractivity contribution in [2.75, 3.05) is 24.7 Å². The molecule has 6 heteroatoms. The highest BCUT2D eigenvalue weighted by Crippen LogP contribution is 2.23. The molecule has 0 bridgehead atoms. The molecule has 6 nitrogen and oxygen atoms in total. The van der Waals surface area contributed by atoms with E-state index >= 15 is 0 Å². The van der Waals surface area contributed by atoms with Crippen LogP contribution in [0, 0.1) is 0 Å². The summed E-state index contributed by atoms with van der Waals surface area (Å²) in [7, 11) is 1.63. The van der Waals surface area contributed by atoms with Crippen LogP contribution < -0.4 is 15.8 Å². The Morgan fingerprint density at radius 2 is 1.76 bits per heavy atom. The molecule has 128 valence electrons. The smallest absolute Gasteiger partial charge is 0.222 e. The molecule has 0 saturated heterocycles. The molecule has 0 amide bonds. The van der Waals surface area contributed by atoms with Gasteiger partial charge in [-0.3, -0.25) is 0 Å². The van der Waals surface area contributed by atoms with Gasteiger partial charge in [-0.1, -0.05) is 12.1 Å². The minimum atomic E-state index is 0.223. The van der Waals surface area contributed by atoms with Crippen molar-refractivity contribution in [1.29, 1.82) is 0 Å². The molecule has 0 spiro atoms. The van der Waals surface area contributed by atoms with Crippen molar-refractivity contribution in [1.82, 2.24) is 9.97 Å². The molecule has 0 aliphatic rings.